The minimum absolute atomic E-state index is 0.173. The maximum absolute atomic E-state index is 12.6. The van der Waals surface area contributed by atoms with Crippen LogP contribution in [0.5, 0.6) is 11.5 Å². The third-order valence-corrected chi connectivity index (χ3v) is 2.28. The smallest absolute Gasteiger partial charge is 0.486 e. The zero-order valence-electron chi connectivity index (χ0n) is 8.10. The van der Waals surface area contributed by atoms with Gasteiger partial charge in [0.25, 0.3) is 0 Å². The molecular formula is C9H9BF3O2-. The van der Waals surface area contributed by atoms with E-state index in [1.165, 1.54) is 13.0 Å². The van der Waals surface area contributed by atoms with Gasteiger partial charge in [-0.05, 0) is 19.1 Å². The molecule has 0 unspecified atom stereocenters. The lowest BCUT2D eigenvalue weighted by Gasteiger charge is -2.24. The molecule has 0 spiro atoms. The summed E-state index contributed by atoms with van der Waals surface area (Å²) < 4.78 is 48.0. The van der Waals surface area contributed by atoms with Crippen molar-refractivity contribution in [3.8, 4) is 11.5 Å². The van der Waals surface area contributed by atoms with Gasteiger partial charge in [-0.15, -0.1) is 5.46 Å². The first kappa shape index (κ1) is 10.2. The summed E-state index contributed by atoms with van der Waals surface area (Å²) in [6.07, 6.45) is 0. The van der Waals surface area contributed by atoms with E-state index in [1.807, 2.05) is 0 Å². The third kappa shape index (κ3) is 1.89. The van der Waals surface area contributed by atoms with Crippen molar-refractivity contribution in [3.05, 3.63) is 17.7 Å². The molecule has 0 saturated heterocycles. The summed E-state index contributed by atoms with van der Waals surface area (Å²) >= 11 is 0. The lowest BCUT2D eigenvalue weighted by Crippen LogP contribution is -2.36. The van der Waals surface area contributed by atoms with Gasteiger partial charge in [-0.1, -0.05) is 5.56 Å². The second-order valence-corrected chi connectivity index (χ2v) is 3.43. The van der Waals surface area contributed by atoms with E-state index in [-0.39, 0.29) is 11.3 Å². The first-order chi connectivity index (χ1) is 6.98. The average Bonchev–Trinajstić information content (AvgIpc) is 2.15. The van der Waals surface area contributed by atoms with Crippen molar-refractivity contribution in [2.75, 3.05) is 13.2 Å². The molecule has 82 valence electrons. The van der Waals surface area contributed by atoms with E-state index in [2.05, 4.69) is 0 Å². The summed E-state index contributed by atoms with van der Waals surface area (Å²) in [6.45, 7) is -2.90. The van der Waals surface area contributed by atoms with Crippen LogP contribution in [0.2, 0.25) is 0 Å². The van der Waals surface area contributed by atoms with Gasteiger partial charge in [0.05, 0.1) is 0 Å². The van der Waals surface area contributed by atoms with Crippen LogP contribution in [-0.2, 0) is 0 Å². The van der Waals surface area contributed by atoms with Crippen LogP contribution in [0.25, 0.3) is 0 Å². The Hall–Kier alpha value is -1.33. The summed E-state index contributed by atoms with van der Waals surface area (Å²) in [7, 11) is 0. The predicted octanol–water partition coefficient (Wildman–Crippen LogP) is 1.82. The zero-order chi connectivity index (χ0) is 11.1. The van der Waals surface area contributed by atoms with Crippen molar-refractivity contribution < 1.29 is 22.4 Å². The second-order valence-electron chi connectivity index (χ2n) is 3.43. The highest BCUT2D eigenvalue weighted by atomic mass is 19.4. The number of halogens is 3. The lowest BCUT2D eigenvalue weighted by atomic mass is 9.77. The molecule has 1 aliphatic heterocycles. The maximum Gasteiger partial charge on any atom is 0.510 e. The number of hydrogen-bond acceptors (Lipinski definition) is 2. The minimum Gasteiger partial charge on any atom is -0.486 e. The molecule has 1 heterocycles. The van der Waals surface area contributed by atoms with Gasteiger partial charge in [0.1, 0.15) is 13.2 Å². The van der Waals surface area contributed by atoms with Crippen molar-refractivity contribution >= 4 is 12.4 Å². The van der Waals surface area contributed by atoms with Gasteiger partial charge >= 0.3 is 6.98 Å². The van der Waals surface area contributed by atoms with Gasteiger partial charge in [-0.3, -0.25) is 0 Å². The molecule has 2 rings (SSSR count). The van der Waals surface area contributed by atoms with Gasteiger partial charge < -0.3 is 22.4 Å². The molecule has 1 aromatic carbocycles. The van der Waals surface area contributed by atoms with Crippen molar-refractivity contribution in [2.45, 2.75) is 6.92 Å². The Morgan fingerprint density at radius 2 is 1.60 bits per heavy atom. The topological polar surface area (TPSA) is 18.5 Å². The summed E-state index contributed by atoms with van der Waals surface area (Å²) in [6, 6.07) is 2.39. The van der Waals surface area contributed by atoms with E-state index in [0.717, 1.165) is 6.07 Å². The minimum atomic E-state index is -4.99. The van der Waals surface area contributed by atoms with Gasteiger partial charge in [0.15, 0.2) is 11.5 Å². The molecule has 0 fully saturated rings. The summed E-state index contributed by atoms with van der Waals surface area (Å²) in [5.74, 6) is 0.573. The molecule has 0 radical (unpaired) electrons. The molecule has 0 aromatic heterocycles. The van der Waals surface area contributed by atoms with Crippen LogP contribution in [0.3, 0.4) is 0 Å². The van der Waals surface area contributed by atoms with E-state index in [4.69, 9.17) is 9.47 Å². The molecule has 0 aliphatic carbocycles. The Labute approximate surface area is 85.1 Å². The van der Waals surface area contributed by atoms with Crippen molar-refractivity contribution in [3.63, 3.8) is 0 Å². The number of benzene rings is 1. The molecule has 0 saturated carbocycles. The molecule has 0 amide bonds. The number of rotatable bonds is 1. The normalized spacial score (nSPS) is 15.2. The fraction of sp³-hybridized carbons (Fsp3) is 0.333. The Morgan fingerprint density at radius 1 is 1.07 bits per heavy atom. The highest BCUT2D eigenvalue weighted by Gasteiger charge is 2.29. The molecule has 1 aliphatic rings. The molecule has 15 heavy (non-hydrogen) atoms. The van der Waals surface area contributed by atoms with Crippen LogP contribution in [-0.4, -0.2) is 20.2 Å². The monoisotopic (exact) mass is 217 g/mol. The summed E-state index contributed by atoms with van der Waals surface area (Å²) in [4.78, 5) is 0. The predicted molar refractivity (Wildman–Crippen MR) is 50.9 cm³/mol. The van der Waals surface area contributed by atoms with E-state index in [0.29, 0.717) is 19.0 Å². The SMILES string of the molecule is Cc1cc2c(cc1[B-](F)(F)F)OCCO2. The molecule has 0 bridgehead atoms. The van der Waals surface area contributed by atoms with Crippen LogP contribution < -0.4 is 14.9 Å². The van der Waals surface area contributed by atoms with Gasteiger partial charge in [0, 0.05) is 0 Å². The Balaban J connectivity index is 2.50. The zero-order valence-corrected chi connectivity index (χ0v) is 8.10. The third-order valence-electron chi connectivity index (χ3n) is 2.28. The molecule has 2 nitrogen and oxygen atoms in total. The first-order valence-electron chi connectivity index (χ1n) is 4.58. The van der Waals surface area contributed by atoms with Crippen molar-refractivity contribution in [2.24, 2.45) is 0 Å². The fourth-order valence-electron chi connectivity index (χ4n) is 1.56. The largest absolute Gasteiger partial charge is 0.510 e. The Bertz CT molecular complexity index is 390. The lowest BCUT2D eigenvalue weighted by molar-refractivity contribution is 0.171. The quantitative estimate of drug-likeness (QED) is 0.668. The standard InChI is InChI=1S/C9H9BF3O2/c1-6-4-8-9(15-3-2-14-8)5-7(6)10(11,12)13/h4-5H,2-3H2,1H3/q-1. The van der Waals surface area contributed by atoms with Gasteiger partial charge in [-0.2, -0.15) is 0 Å². The molecule has 6 heteroatoms. The highest BCUT2D eigenvalue weighted by Crippen LogP contribution is 2.31. The number of fused-ring (bicyclic) bond motifs is 1. The van der Waals surface area contributed by atoms with Crippen LogP contribution in [0.15, 0.2) is 12.1 Å². The molecule has 1 aromatic rings. The van der Waals surface area contributed by atoms with E-state index in [9.17, 15) is 12.9 Å². The van der Waals surface area contributed by atoms with Crippen LogP contribution in [0.1, 0.15) is 5.56 Å². The van der Waals surface area contributed by atoms with Crippen molar-refractivity contribution in [1.29, 1.82) is 0 Å². The Morgan fingerprint density at radius 3 is 2.13 bits per heavy atom. The van der Waals surface area contributed by atoms with E-state index in [1.54, 1.807) is 0 Å². The molecular weight excluding hydrogens is 208 g/mol. The van der Waals surface area contributed by atoms with Crippen LogP contribution in [0.4, 0.5) is 12.9 Å². The van der Waals surface area contributed by atoms with Crippen LogP contribution in [0, 0.1) is 6.92 Å². The van der Waals surface area contributed by atoms with E-state index < -0.39 is 12.4 Å². The summed E-state index contributed by atoms with van der Waals surface area (Å²) in [5.41, 5.74) is -0.439. The average molecular weight is 217 g/mol. The van der Waals surface area contributed by atoms with Gasteiger partial charge in [0.2, 0.25) is 0 Å². The van der Waals surface area contributed by atoms with Gasteiger partial charge in [-0.25, -0.2) is 0 Å². The van der Waals surface area contributed by atoms with Crippen LogP contribution >= 0.6 is 0 Å². The number of hydrogen-bond donors (Lipinski definition) is 0. The second kappa shape index (κ2) is 3.36. The molecule has 0 atom stereocenters. The number of aryl methyl sites for hydroxylation is 1. The first-order valence-corrected chi connectivity index (χ1v) is 4.58. The molecule has 0 N–H and O–H groups in total. The van der Waals surface area contributed by atoms with Crippen molar-refractivity contribution in [1.82, 2.24) is 0 Å². The number of ether oxygens (including phenoxy) is 2. The van der Waals surface area contributed by atoms with E-state index >= 15 is 0 Å². The fourth-order valence-corrected chi connectivity index (χ4v) is 1.56. The summed E-state index contributed by atoms with van der Waals surface area (Å²) in [5, 5.41) is 0. The highest BCUT2D eigenvalue weighted by molar-refractivity contribution is 6.74. The Kier molecular flexibility index (Phi) is 2.29. The maximum atomic E-state index is 12.6.